The highest BCUT2D eigenvalue weighted by Crippen LogP contribution is 2.28. The van der Waals surface area contributed by atoms with Crippen molar-refractivity contribution in [3.8, 4) is 0 Å². The fourth-order valence-electron chi connectivity index (χ4n) is 2.68. The number of rotatable bonds is 12. The van der Waals surface area contributed by atoms with Crippen molar-refractivity contribution in [1.29, 1.82) is 0 Å². The Morgan fingerprint density at radius 1 is 0.875 bits per heavy atom. The minimum atomic E-state index is -2.25. The second-order valence-corrected chi connectivity index (χ2v) is 5.61. The average Bonchev–Trinajstić information content (AvgIpc) is 2.65. The molecule has 1 aliphatic carbocycles. The molecular formula is C19H30O5. The number of methoxy groups -OCH3 is 2. The maximum atomic E-state index is 12.5. The highest BCUT2D eigenvalue weighted by molar-refractivity contribution is 6.23. The van der Waals surface area contributed by atoms with E-state index in [1.807, 2.05) is 0 Å². The quantitative estimate of drug-likeness (QED) is 0.434. The molecule has 0 aromatic carbocycles. The third-order valence-electron chi connectivity index (χ3n) is 4.03. The van der Waals surface area contributed by atoms with Gasteiger partial charge in [0, 0.05) is 23.2 Å². The number of hydrogen-bond acceptors (Lipinski definition) is 5. The summed E-state index contributed by atoms with van der Waals surface area (Å²) < 4.78 is 40.5. The van der Waals surface area contributed by atoms with Crippen molar-refractivity contribution in [1.82, 2.24) is 0 Å². The molecule has 0 saturated heterocycles. The molecule has 0 aromatic heterocycles. The molecule has 24 heavy (non-hydrogen) atoms. The number of aliphatic hydroxyl groups is 1. The predicted octanol–water partition coefficient (Wildman–Crippen LogP) is 3.46. The summed E-state index contributed by atoms with van der Waals surface area (Å²) in [5.74, 6) is -0.788. The van der Waals surface area contributed by atoms with Crippen LogP contribution in [0.5, 0.6) is 0 Å². The molecule has 0 heterocycles. The van der Waals surface area contributed by atoms with Gasteiger partial charge in [0.1, 0.15) is 0 Å². The van der Waals surface area contributed by atoms with Gasteiger partial charge < -0.3 is 14.6 Å². The molecule has 0 radical (unpaired) electrons. The zero-order valence-electron chi connectivity index (χ0n) is 18.7. The molecule has 0 fully saturated rings. The largest absolute Gasteiger partial charge is 0.489 e. The number of aliphatic hydroxyl groups excluding tert-OH is 1. The van der Waals surface area contributed by atoms with E-state index < -0.39 is 19.4 Å². The lowest BCUT2D eigenvalue weighted by Gasteiger charge is -2.20. The van der Waals surface area contributed by atoms with Crippen LogP contribution in [0.15, 0.2) is 22.7 Å². The SMILES string of the molecule is [2H]C([2H])(CO)C([2H])([2H])CCCCCCCC1=C(C)C(=O)C(OC)=C(OC)C1=O. The van der Waals surface area contributed by atoms with Crippen LogP contribution in [0.25, 0.3) is 0 Å². The van der Waals surface area contributed by atoms with Gasteiger partial charge in [-0.1, -0.05) is 38.5 Å². The first-order valence-corrected chi connectivity index (χ1v) is 8.26. The molecular weight excluding hydrogens is 308 g/mol. The number of hydrogen-bond donors (Lipinski definition) is 1. The van der Waals surface area contributed by atoms with E-state index in [0.717, 1.165) is 19.3 Å². The molecule has 1 N–H and O–H groups in total. The van der Waals surface area contributed by atoms with Crippen molar-refractivity contribution in [2.75, 3.05) is 20.8 Å². The Kier molecular flexibility index (Phi) is 6.75. The van der Waals surface area contributed by atoms with Crippen LogP contribution in [0.3, 0.4) is 0 Å². The summed E-state index contributed by atoms with van der Waals surface area (Å²) in [5.41, 5.74) is 0.817. The number of ketones is 2. The van der Waals surface area contributed by atoms with Gasteiger partial charge in [-0.3, -0.25) is 9.59 Å². The summed E-state index contributed by atoms with van der Waals surface area (Å²) in [4.78, 5) is 24.8. The van der Waals surface area contributed by atoms with Crippen molar-refractivity contribution >= 4 is 11.6 Å². The van der Waals surface area contributed by atoms with Gasteiger partial charge in [0.05, 0.1) is 14.2 Å². The molecule has 0 saturated carbocycles. The van der Waals surface area contributed by atoms with Gasteiger partial charge in [0.15, 0.2) is 0 Å². The molecule has 1 rings (SSSR count). The van der Waals surface area contributed by atoms with Crippen LogP contribution in [0.1, 0.15) is 70.1 Å². The van der Waals surface area contributed by atoms with E-state index in [4.69, 9.17) is 20.1 Å². The monoisotopic (exact) mass is 342 g/mol. The fraction of sp³-hybridized carbons (Fsp3) is 0.684. The number of carbonyl (C=O) groups is 2. The van der Waals surface area contributed by atoms with Crippen LogP contribution < -0.4 is 0 Å². The highest BCUT2D eigenvalue weighted by Gasteiger charge is 2.34. The summed E-state index contributed by atoms with van der Waals surface area (Å²) >= 11 is 0. The van der Waals surface area contributed by atoms with Crippen molar-refractivity contribution < 1.29 is 29.7 Å². The second-order valence-electron chi connectivity index (χ2n) is 5.61. The number of unbranched alkanes of at least 4 members (excludes halogenated alkanes) is 4. The Bertz CT molecular complexity index is 653. The molecule has 0 aromatic rings. The summed E-state index contributed by atoms with van der Waals surface area (Å²) in [6.45, 7) is 0.766. The minimum Gasteiger partial charge on any atom is -0.489 e. The molecule has 0 unspecified atom stereocenters. The van der Waals surface area contributed by atoms with Gasteiger partial charge in [-0.05, 0) is 26.1 Å². The Balaban J connectivity index is 2.46. The van der Waals surface area contributed by atoms with Crippen LogP contribution in [-0.2, 0) is 19.1 Å². The topological polar surface area (TPSA) is 72.8 Å². The fourth-order valence-corrected chi connectivity index (χ4v) is 2.68. The van der Waals surface area contributed by atoms with Crippen LogP contribution >= 0.6 is 0 Å². The van der Waals surface area contributed by atoms with Crippen LogP contribution in [-0.4, -0.2) is 37.5 Å². The summed E-state index contributed by atoms with van der Waals surface area (Å²) in [6.07, 6.45) is -0.273. The van der Waals surface area contributed by atoms with Gasteiger partial charge in [-0.2, -0.15) is 0 Å². The normalized spacial score (nSPS) is 19.0. The Morgan fingerprint density at radius 3 is 2.00 bits per heavy atom. The first kappa shape index (κ1) is 14.7. The molecule has 0 amide bonds. The van der Waals surface area contributed by atoms with E-state index in [1.165, 1.54) is 14.2 Å². The second kappa shape index (κ2) is 11.0. The van der Waals surface area contributed by atoms with Gasteiger partial charge in [0.25, 0.3) is 0 Å². The van der Waals surface area contributed by atoms with Gasteiger partial charge in [0.2, 0.25) is 23.1 Å². The number of ether oxygens (including phenoxy) is 2. The van der Waals surface area contributed by atoms with E-state index in [-0.39, 0.29) is 29.5 Å². The zero-order chi connectivity index (χ0) is 21.5. The van der Waals surface area contributed by atoms with Crippen molar-refractivity contribution in [3.63, 3.8) is 0 Å². The number of allylic oxidation sites excluding steroid dienone is 2. The zero-order valence-corrected chi connectivity index (χ0v) is 14.7. The van der Waals surface area contributed by atoms with E-state index in [1.54, 1.807) is 6.92 Å². The molecule has 1 aliphatic rings. The average molecular weight is 342 g/mol. The molecule has 0 bridgehead atoms. The Morgan fingerprint density at radius 2 is 1.42 bits per heavy atom. The predicted molar refractivity (Wildman–Crippen MR) is 92.4 cm³/mol. The molecule has 0 aliphatic heterocycles. The lowest BCUT2D eigenvalue weighted by atomic mass is 9.89. The minimum absolute atomic E-state index is 0.0413. The molecule has 5 heteroatoms. The molecule has 0 atom stereocenters. The third kappa shape index (κ3) is 5.48. The summed E-state index contributed by atoms with van der Waals surface area (Å²) in [5, 5.41) is 8.97. The van der Waals surface area contributed by atoms with Crippen molar-refractivity contribution in [3.05, 3.63) is 22.7 Å². The Labute approximate surface area is 150 Å². The molecule has 0 spiro atoms. The first-order valence-electron chi connectivity index (χ1n) is 10.3. The summed E-state index contributed by atoms with van der Waals surface area (Å²) in [7, 11) is 2.65. The summed E-state index contributed by atoms with van der Waals surface area (Å²) in [6, 6.07) is 0. The van der Waals surface area contributed by atoms with E-state index in [2.05, 4.69) is 0 Å². The van der Waals surface area contributed by atoms with Gasteiger partial charge >= 0.3 is 0 Å². The van der Waals surface area contributed by atoms with Gasteiger partial charge in [-0.15, -0.1) is 0 Å². The van der Waals surface area contributed by atoms with Crippen LogP contribution in [0, 0.1) is 0 Å². The Hall–Kier alpha value is -1.62. The smallest absolute Gasteiger partial charge is 0.228 e. The van der Waals surface area contributed by atoms with E-state index in [9.17, 15) is 9.59 Å². The standard InChI is InChI=1S/C19H30O5/c1-14-15(12-10-8-6-4-5-7-9-11-13-20)17(22)19(24-3)18(23-2)16(14)21/h20H,4-13H2,1-3H3/i9D2,11D2. The third-order valence-corrected chi connectivity index (χ3v) is 4.03. The number of carbonyl (C=O) groups excluding carboxylic acids is 2. The first-order chi connectivity index (χ1) is 13.0. The van der Waals surface area contributed by atoms with E-state index in [0.29, 0.717) is 30.4 Å². The molecule has 5 nitrogen and oxygen atoms in total. The van der Waals surface area contributed by atoms with Crippen LogP contribution in [0.2, 0.25) is 0 Å². The molecule has 136 valence electrons. The van der Waals surface area contributed by atoms with Crippen molar-refractivity contribution in [2.45, 2.75) is 64.6 Å². The number of Topliss-reactive ketones (excluding diaryl/α,β-unsaturated/α-hetero) is 2. The van der Waals surface area contributed by atoms with E-state index >= 15 is 0 Å². The maximum Gasteiger partial charge on any atom is 0.228 e. The lowest BCUT2D eigenvalue weighted by Crippen LogP contribution is -2.25. The van der Waals surface area contributed by atoms with Crippen LogP contribution in [0.4, 0.5) is 0 Å². The highest BCUT2D eigenvalue weighted by atomic mass is 16.5. The maximum absolute atomic E-state index is 12.5. The lowest BCUT2D eigenvalue weighted by molar-refractivity contribution is -0.121. The van der Waals surface area contributed by atoms with Crippen molar-refractivity contribution in [2.24, 2.45) is 0 Å². The van der Waals surface area contributed by atoms with Gasteiger partial charge in [-0.25, -0.2) is 0 Å².